The van der Waals surface area contributed by atoms with Crippen LogP contribution in [-0.4, -0.2) is 12.1 Å². The van der Waals surface area contributed by atoms with E-state index in [0.29, 0.717) is 5.92 Å². The van der Waals surface area contributed by atoms with Gasteiger partial charge in [0.05, 0.1) is 5.60 Å². The molecule has 0 bridgehead atoms. The Morgan fingerprint density at radius 1 is 1.11 bits per heavy atom. The molecule has 0 amide bonds. The molecule has 0 radical (unpaired) electrons. The summed E-state index contributed by atoms with van der Waals surface area (Å²) in [5.41, 5.74) is 4.48. The van der Waals surface area contributed by atoms with Gasteiger partial charge in [-0.15, -0.1) is 0 Å². The smallest absolute Gasteiger partial charge is 0.0868 e. The zero-order valence-corrected chi connectivity index (χ0v) is 12.3. The fourth-order valence-corrected chi connectivity index (χ4v) is 2.96. The van der Waals surface area contributed by atoms with Crippen LogP contribution in [0.15, 0.2) is 30.3 Å². The van der Waals surface area contributed by atoms with E-state index in [-0.39, 0.29) is 5.60 Å². The van der Waals surface area contributed by atoms with Gasteiger partial charge in [-0.25, -0.2) is 5.48 Å². The van der Waals surface area contributed by atoms with Crippen LogP contribution in [0.4, 0.5) is 0 Å². The fourth-order valence-electron chi connectivity index (χ4n) is 2.96. The van der Waals surface area contributed by atoms with Gasteiger partial charge in [0, 0.05) is 6.54 Å². The van der Waals surface area contributed by atoms with Gasteiger partial charge in [-0.05, 0) is 44.6 Å². The third-order valence-electron chi connectivity index (χ3n) is 4.28. The van der Waals surface area contributed by atoms with E-state index in [9.17, 15) is 0 Å². The molecule has 1 saturated carbocycles. The molecule has 0 aliphatic heterocycles. The molecule has 1 N–H and O–H groups in total. The second kappa shape index (κ2) is 7.06. The van der Waals surface area contributed by atoms with E-state index >= 15 is 0 Å². The van der Waals surface area contributed by atoms with Gasteiger partial charge in [0.2, 0.25) is 0 Å². The van der Waals surface area contributed by atoms with Crippen LogP contribution < -0.4 is 5.48 Å². The van der Waals surface area contributed by atoms with E-state index in [0.717, 1.165) is 13.0 Å². The molecule has 2 heteroatoms. The molecule has 1 aliphatic rings. The average molecular weight is 261 g/mol. The van der Waals surface area contributed by atoms with Crippen molar-refractivity contribution in [2.24, 2.45) is 5.92 Å². The van der Waals surface area contributed by atoms with Gasteiger partial charge in [0.1, 0.15) is 0 Å². The van der Waals surface area contributed by atoms with Gasteiger partial charge < -0.3 is 0 Å². The molecule has 0 unspecified atom stereocenters. The summed E-state index contributed by atoms with van der Waals surface area (Å²) in [5.74, 6) is 0.700. The molecule has 1 aromatic carbocycles. The maximum Gasteiger partial charge on any atom is 0.0868 e. The maximum atomic E-state index is 5.94. The first-order valence-corrected chi connectivity index (χ1v) is 7.63. The minimum Gasteiger partial charge on any atom is -0.296 e. The van der Waals surface area contributed by atoms with Crippen LogP contribution in [0.3, 0.4) is 0 Å². The Kier molecular flexibility index (Phi) is 5.41. The SMILES string of the molecule is CC(C)(ONCCc1ccccc1)C1CCCCC1. The summed E-state index contributed by atoms with van der Waals surface area (Å²) in [6.45, 7) is 5.32. The molecule has 1 aromatic rings. The average Bonchev–Trinajstić information content (AvgIpc) is 2.46. The first-order valence-electron chi connectivity index (χ1n) is 7.63. The number of rotatable bonds is 6. The molecule has 0 spiro atoms. The van der Waals surface area contributed by atoms with Crippen molar-refractivity contribution in [2.45, 2.75) is 58.0 Å². The molecule has 2 nitrogen and oxygen atoms in total. The minimum absolute atomic E-state index is 0.0445. The Morgan fingerprint density at radius 3 is 2.47 bits per heavy atom. The lowest BCUT2D eigenvalue weighted by atomic mass is 9.79. The van der Waals surface area contributed by atoms with Crippen LogP contribution in [0.5, 0.6) is 0 Å². The Balaban J connectivity index is 1.69. The van der Waals surface area contributed by atoms with Crippen LogP contribution in [0.25, 0.3) is 0 Å². The Labute approximate surface area is 117 Å². The van der Waals surface area contributed by atoms with Gasteiger partial charge in [-0.2, -0.15) is 0 Å². The highest BCUT2D eigenvalue weighted by atomic mass is 16.7. The quantitative estimate of drug-likeness (QED) is 0.614. The summed E-state index contributed by atoms with van der Waals surface area (Å²) >= 11 is 0. The summed E-state index contributed by atoms with van der Waals surface area (Å²) in [6, 6.07) is 10.5. The lowest BCUT2D eigenvalue weighted by Gasteiger charge is -2.36. The summed E-state index contributed by atoms with van der Waals surface area (Å²) in [6.07, 6.45) is 7.76. The number of nitrogens with one attached hydrogen (secondary N) is 1. The summed E-state index contributed by atoms with van der Waals surface area (Å²) in [5, 5.41) is 0. The predicted octanol–water partition coefficient (Wildman–Crippen LogP) is 4.11. The molecule has 0 atom stereocenters. The molecule has 0 heterocycles. The monoisotopic (exact) mass is 261 g/mol. The third kappa shape index (κ3) is 4.63. The van der Waals surface area contributed by atoms with Crippen LogP contribution in [-0.2, 0) is 11.3 Å². The second-order valence-electron chi connectivity index (χ2n) is 6.17. The van der Waals surface area contributed by atoms with E-state index < -0.39 is 0 Å². The molecule has 1 aliphatic carbocycles. The minimum atomic E-state index is -0.0445. The van der Waals surface area contributed by atoms with Crippen molar-refractivity contribution in [2.75, 3.05) is 6.54 Å². The van der Waals surface area contributed by atoms with E-state index in [2.05, 4.69) is 49.7 Å². The highest BCUT2D eigenvalue weighted by Crippen LogP contribution is 2.34. The van der Waals surface area contributed by atoms with E-state index in [1.165, 1.54) is 37.7 Å². The van der Waals surface area contributed by atoms with Crippen LogP contribution >= 0.6 is 0 Å². The van der Waals surface area contributed by atoms with Crippen molar-refractivity contribution in [3.05, 3.63) is 35.9 Å². The summed E-state index contributed by atoms with van der Waals surface area (Å²) < 4.78 is 0. The van der Waals surface area contributed by atoms with Crippen molar-refractivity contribution in [3.8, 4) is 0 Å². The van der Waals surface area contributed by atoms with Gasteiger partial charge in [0.25, 0.3) is 0 Å². The van der Waals surface area contributed by atoms with Gasteiger partial charge in [-0.3, -0.25) is 4.84 Å². The van der Waals surface area contributed by atoms with Crippen molar-refractivity contribution < 1.29 is 4.84 Å². The molecular formula is C17H27NO. The number of hydrogen-bond acceptors (Lipinski definition) is 2. The van der Waals surface area contributed by atoms with Gasteiger partial charge >= 0.3 is 0 Å². The van der Waals surface area contributed by atoms with Crippen LogP contribution in [0.2, 0.25) is 0 Å². The molecule has 1 fully saturated rings. The molecule has 19 heavy (non-hydrogen) atoms. The number of hydroxylamine groups is 1. The lowest BCUT2D eigenvalue weighted by Crippen LogP contribution is -2.41. The van der Waals surface area contributed by atoms with Crippen molar-refractivity contribution in [1.29, 1.82) is 0 Å². The fraction of sp³-hybridized carbons (Fsp3) is 0.647. The van der Waals surface area contributed by atoms with Gasteiger partial charge in [-0.1, -0.05) is 49.6 Å². The number of benzene rings is 1. The molecule has 0 saturated heterocycles. The van der Waals surface area contributed by atoms with Crippen molar-refractivity contribution >= 4 is 0 Å². The van der Waals surface area contributed by atoms with E-state index in [1.807, 2.05) is 0 Å². The first kappa shape index (κ1) is 14.5. The zero-order valence-electron chi connectivity index (χ0n) is 12.3. The zero-order chi connectivity index (χ0) is 13.6. The summed E-state index contributed by atoms with van der Waals surface area (Å²) in [4.78, 5) is 5.94. The van der Waals surface area contributed by atoms with E-state index in [1.54, 1.807) is 0 Å². The molecule has 0 aromatic heterocycles. The maximum absolute atomic E-state index is 5.94. The largest absolute Gasteiger partial charge is 0.296 e. The highest BCUT2D eigenvalue weighted by Gasteiger charge is 2.31. The molecule has 2 rings (SSSR count). The summed E-state index contributed by atoms with van der Waals surface area (Å²) in [7, 11) is 0. The Bertz CT molecular complexity index is 355. The first-order chi connectivity index (χ1) is 9.18. The normalized spacial score (nSPS) is 17.6. The highest BCUT2D eigenvalue weighted by molar-refractivity contribution is 5.14. The standard InChI is InChI=1S/C17H27NO/c1-17(2,16-11-7-4-8-12-16)19-18-14-13-15-9-5-3-6-10-15/h3,5-6,9-10,16,18H,4,7-8,11-14H2,1-2H3. The van der Waals surface area contributed by atoms with Crippen LogP contribution in [0.1, 0.15) is 51.5 Å². The topological polar surface area (TPSA) is 21.3 Å². The molecular weight excluding hydrogens is 234 g/mol. The van der Waals surface area contributed by atoms with Crippen molar-refractivity contribution in [1.82, 2.24) is 5.48 Å². The Morgan fingerprint density at radius 2 is 1.79 bits per heavy atom. The third-order valence-corrected chi connectivity index (χ3v) is 4.28. The lowest BCUT2D eigenvalue weighted by molar-refractivity contribution is -0.124. The molecule has 106 valence electrons. The second-order valence-corrected chi connectivity index (χ2v) is 6.17. The predicted molar refractivity (Wildman–Crippen MR) is 79.9 cm³/mol. The Hall–Kier alpha value is -0.860. The van der Waals surface area contributed by atoms with Crippen molar-refractivity contribution in [3.63, 3.8) is 0 Å². The van der Waals surface area contributed by atoms with Crippen LogP contribution in [0, 0.1) is 5.92 Å². The number of hydrogen-bond donors (Lipinski definition) is 1. The van der Waals surface area contributed by atoms with Gasteiger partial charge in [0.15, 0.2) is 0 Å². The van der Waals surface area contributed by atoms with E-state index in [4.69, 9.17) is 4.84 Å².